The van der Waals surface area contributed by atoms with Crippen LogP contribution in [0, 0.1) is 17.0 Å². The molecule has 21 heavy (non-hydrogen) atoms. The Morgan fingerprint density at radius 3 is 2.86 bits per heavy atom. The van der Waals surface area contributed by atoms with Crippen LogP contribution in [0.25, 0.3) is 0 Å². The fourth-order valence-electron chi connectivity index (χ4n) is 1.83. The number of para-hydroxylation sites is 1. The lowest BCUT2D eigenvalue weighted by atomic mass is 10.1. The molecule has 0 unspecified atom stereocenters. The van der Waals surface area contributed by atoms with E-state index < -0.39 is 10.8 Å². The van der Waals surface area contributed by atoms with E-state index in [0.29, 0.717) is 28.7 Å². The van der Waals surface area contributed by atoms with Crippen LogP contribution in [0.4, 0.5) is 10.8 Å². The minimum absolute atomic E-state index is 0.0526. The number of carbonyl (C=O) groups is 1. The maximum Gasteiger partial charge on any atom is 0.285 e. The molecule has 0 radical (unpaired) electrons. The number of nitro benzene ring substituents is 1. The Balaban J connectivity index is 2.04. The quantitative estimate of drug-likeness (QED) is 0.634. The van der Waals surface area contributed by atoms with Crippen LogP contribution in [0.15, 0.2) is 18.2 Å². The molecular formula is C12H13N5O3S. The van der Waals surface area contributed by atoms with Crippen molar-refractivity contribution in [3.8, 4) is 0 Å². The SMILES string of the molecule is Cc1cccc(C(=O)NCCc2nnc(N)s2)c1[N+](=O)[O-]. The number of carbonyl (C=O) groups excluding carboxylic acids is 1. The number of hydrogen-bond donors (Lipinski definition) is 2. The number of nitrogen functional groups attached to an aromatic ring is 1. The van der Waals surface area contributed by atoms with E-state index in [1.54, 1.807) is 19.1 Å². The molecule has 8 nitrogen and oxygen atoms in total. The number of benzene rings is 1. The highest BCUT2D eigenvalue weighted by atomic mass is 32.1. The molecule has 2 rings (SSSR count). The molecule has 0 atom stereocenters. The molecule has 0 fully saturated rings. The molecule has 1 aromatic carbocycles. The maximum absolute atomic E-state index is 12.0. The zero-order valence-corrected chi connectivity index (χ0v) is 12.0. The van der Waals surface area contributed by atoms with Crippen LogP contribution in [0.2, 0.25) is 0 Å². The van der Waals surface area contributed by atoms with Gasteiger partial charge in [0.1, 0.15) is 10.6 Å². The van der Waals surface area contributed by atoms with E-state index in [2.05, 4.69) is 15.5 Å². The molecule has 0 bridgehead atoms. The summed E-state index contributed by atoms with van der Waals surface area (Å²) >= 11 is 1.24. The van der Waals surface area contributed by atoms with Crippen molar-refractivity contribution in [2.45, 2.75) is 13.3 Å². The molecular weight excluding hydrogens is 294 g/mol. The number of anilines is 1. The van der Waals surface area contributed by atoms with E-state index in [4.69, 9.17) is 5.73 Å². The number of nitrogens with one attached hydrogen (secondary N) is 1. The molecule has 2 aromatic rings. The molecule has 0 spiro atoms. The van der Waals surface area contributed by atoms with Gasteiger partial charge < -0.3 is 11.1 Å². The average molecular weight is 307 g/mol. The molecule has 9 heteroatoms. The van der Waals surface area contributed by atoms with Crippen LogP contribution in [0.1, 0.15) is 20.9 Å². The van der Waals surface area contributed by atoms with Crippen molar-refractivity contribution in [1.29, 1.82) is 0 Å². The molecule has 110 valence electrons. The van der Waals surface area contributed by atoms with Crippen LogP contribution in [0.5, 0.6) is 0 Å². The van der Waals surface area contributed by atoms with Crippen LogP contribution >= 0.6 is 11.3 Å². The Morgan fingerprint density at radius 1 is 1.48 bits per heavy atom. The summed E-state index contributed by atoms with van der Waals surface area (Å²) < 4.78 is 0. The summed E-state index contributed by atoms with van der Waals surface area (Å²) in [4.78, 5) is 22.5. The standard InChI is InChI=1S/C12H13N5O3S/c1-7-3-2-4-8(10(7)17(19)20)11(18)14-6-5-9-15-16-12(13)21-9/h2-4H,5-6H2,1H3,(H2,13,16)(H,14,18). The maximum atomic E-state index is 12.0. The Hall–Kier alpha value is -2.55. The van der Waals surface area contributed by atoms with Gasteiger partial charge in [-0.05, 0) is 13.0 Å². The molecule has 0 saturated carbocycles. The average Bonchev–Trinajstić information content (AvgIpc) is 2.83. The smallest absolute Gasteiger partial charge is 0.285 e. The lowest BCUT2D eigenvalue weighted by Crippen LogP contribution is -2.26. The second-order valence-electron chi connectivity index (χ2n) is 4.27. The fraction of sp³-hybridized carbons (Fsp3) is 0.250. The van der Waals surface area contributed by atoms with Crippen LogP contribution in [0.3, 0.4) is 0 Å². The van der Waals surface area contributed by atoms with Crippen molar-refractivity contribution in [2.24, 2.45) is 0 Å². The third-order valence-corrected chi connectivity index (χ3v) is 3.58. The van der Waals surface area contributed by atoms with Crippen molar-refractivity contribution in [2.75, 3.05) is 12.3 Å². The lowest BCUT2D eigenvalue weighted by molar-refractivity contribution is -0.385. The predicted octanol–water partition coefficient (Wildman–Crippen LogP) is 1.31. The van der Waals surface area contributed by atoms with E-state index >= 15 is 0 Å². The molecule has 1 aromatic heterocycles. The van der Waals surface area contributed by atoms with Crippen LogP contribution in [-0.4, -0.2) is 27.6 Å². The topological polar surface area (TPSA) is 124 Å². The van der Waals surface area contributed by atoms with Gasteiger partial charge in [-0.2, -0.15) is 0 Å². The monoisotopic (exact) mass is 307 g/mol. The summed E-state index contributed by atoms with van der Waals surface area (Å²) in [6, 6.07) is 4.64. The highest BCUT2D eigenvalue weighted by Crippen LogP contribution is 2.22. The molecule has 0 aliphatic rings. The van der Waals surface area contributed by atoms with E-state index in [9.17, 15) is 14.9 Å². The van der Waals surface area contributed by atoms with Gasteiger partial charge in [-0.25, -0.2) is 0 Å². The minimum atomic E-state index is -0.546. The van der Waals surface area contributed by atoms with E-state index in [-0.39, 0.29) is 11.3 Å². The minimum Gasteiger partial charge on any atom is -0.374 e. The van der Waals surface area contributed by atoms with Crippen molar-refractivity contribution in [3.63, 3.8) is 0 Å². The van der Waals surface area contributed by atoms with E-state index in [1.165, 1.54) is 17.4 Å². The number of nitrogens with two attached hydrogens (primary N) is 1. The summed E-state index contributed by atoms with van der Waals surface area (Å²) in [5, 5.41) is 22.2. The summed E-state index contributed by atoms with van der Waals surface area (Å²) in [5.41, 5.74) is 5.78. The second-order valence-corrected chi connectivity index (χ2v) is 5.36. The number of aromatic nitrogens is 2. The van der Waals surface area contributed by atoms with E-state index in [1.807, 2.05) is 0 Å². The number of nitro groups is 1. The highest BCUT2D eigenvalue weighted by Gasteiger charge is 2.21. The molecule has 0 aliphatic heterocycles. The van der Waals surface area contributed by atoms with Gasteiger partial charge in [-0.3, -0.25) is 14.9 Å². The van der Waals surface area contributed by atoms with Gasteiger partial charge in [-0.15, -0.1) is 10.2 Å². The van der Waals surface area contributed by atoms with Gasteiger partial charge in [-0.1, -0.05) is 23.5 Å². The fourth-order valence-corrected chi connectivity index (χ4v) is 2.44. The van der Waals surface area contributed by atoms with Gasteiger partial charge in [0, 0.05) is 18.5 Å². The Labute approximate surface area is 124 Å². The van der Waals surface area contributed by atoms with Gasteiger partial charge in [0.25, 0.3) is 11.6 Å². The zero-order valence-electron chi connectivity index (χ0n) is 11.2. The van der Waals surface area contributed by atoms with Gasteiger partial charge in [0.2, 0.25) is 5.13 Å². The lowest BCUT2D eigenvalue weighted by Gasteiger charge is -2.06. The molecule has 3 N–H and O–H groups in total. The number of hydrogen-bond acceptors (Lipinski definition) is 7. The zero-order chi connectivity index (χ0) is 15.4. The predicted molar refractivity (Wildman–Crippen MR) is 78.2 cm³/mol. The Kier molecular flexibility index (Phi) is 4.43. The first-order valence-corrected chi connectivity index (χ1v) is 6.90. The third-order valence-electron chi connectivity index (χ3n) is 2.77. The number of amides is 1. The number of aryl methyl sites for hydroxylation is 1. The van der Waals surface area contributed by atoms with Crippen molar-refractivity contribution in [1.82, 2.24) is 15.5 Å². The van der Waals surface area contributed by atoms with Gasteiger partial charge >= 0.3 is 0 Å². The molecule has 1 amide bonds. The van der Waals surface area contributed by atoms with Gasteiger partial charge in [0.15, 0.2) is 0 Å². The first kappa shape index (κ1) is 14.9. The summed E-state index contributed by atoms with van der Waals surface area (Å²) in [7, 11) is 0. The third kappa shape index (κ3) is 3.51. The number of rotatable bonds is 5. The summed E-state index contributed by atoms with van der Waals surface area (Å²) in [6.45, 7) is 1.90. The molecule has 0 aliphatic carbocycles. The first-order valence-electron chi connectivity index (χ1n) is 6.09. The van der Waals surface area contributed by atoms with Gasteiger partial charge in [0.05, 0.1) is 4.92 Å². The van der Waals surface area contributed by atoms with Crippen LogP contribution in [-0.2, 0) is 6.42 Å². The van der Waals surface area contributed by atoms with Crippen LogP contribution < -0.4 is 11.1 Å². The molecule has 1 heterocycles. The normalized spacial score (nSPS) is 10.3. The summed E-state index contributed by atoms with van der Waals surface area (Å²) in [5.74, 6) is -0.483. The van der Waals surface area contributed by atoms with Crippen molar-refractivity contribution < 1.29 is 9.72 Å². The Bertz CT molecular complexity index is 685. The largest absolute Gasteiger partial charge is 0.374 e. The highest BCUT2D eigenvalue weighted by molar-refractivity contribution is 7.15. The summed E-state index contributed by atoms with van der Waals surface area (Å²) in [6.07, 6.45) is 0.472. The number of nitrogens with zero attached hydrogens (tertiary/aromatic N) is 3. The Morgan fingerprint density at radius 2 is 2.24 bits per heavy atom. The van der Waals surface area contributed by atoms with E-state index in [0.717, 1.165) is 0 Å². The molecule has 0 saturated heterocycles. The van der Waals surface area contributed by atoms with Crippen molar-refractivity contribution in [3.05, 3.63) is 44.4 Å². The second kappa shape index (κ2) is 6.27. The van der Waals surface area contributed by atoms with Crippen molar-refractivity contribution >= 4 is 28.1 Å². The first-order chi connectivity index (χ1) is 9.99.